The largest absolute Gasteiger partial charge is 0.373 e. The van der Waals surface area contributed by atoms with Crippen molar-refractivity contribution < 1.29 is 22.7 Å². The minimum atomic E-state index is -1.64. The maximum Gasteiger partial charge on any atom is 0.257 e. The smallest absolute Gasteiger partial charge is 0.257 e. The number of nitrogens with two attached hydrogens (primary N) is 1. The van der Waals surface area contributed by atoms with Gasteiger partial charge in [-0.3, -0.25) is 4.79 Å². The summed E-state index contributed by atoms with van der Waals surface area (Å²) in [5, 5.41) is 0. The van der Waals surface area contributed by atoms with Gasteiger partial charge in [-0.2, -0.15) is 0 Å². The van der Waals surface area contributed by atoms with Gasteiger partial charge in [-0.25, -0.2) is 13.2 Å². The van der Waals surface area contributed by atoms with Crippen molar-refractivity contribution in [1.29, 1.82) is 0 Å². The van der Waals surface area contributed by atoms with Crippen molar-refractivity contribution >= 4 is 5.91 Å². The fourth-order valence-electron chi connectivity index (χ4n) is 1.91. The lowest BCUT2D eigenvalue weighted by Crippen LogP contribution is -2.48. The highest BCUT2D eigenvalue weighted by Crippen LogP contribution is 2.18. The van der Waals surface area contributed by atoms with Gasteiger partial charge in [-0.05, 0) is 12.1 Å². The summed E-state index contributed by atoms with van der Waals surface area (Å²) in [4.78, 5) is 13.4. The fourth-order valence-corrected chi connectivity index (χ4v) is 1.91. The maximum atomic E-state index is 13.5. The highest BCUT2D eigenvalue weighted by molar-refractivity contribution is 5.94. The first kappa shape index (κ1) is 13.8. The quantitative estimate of drug-likeness (QED) is 0.815. The first-order valence-corrected chi connectivity index (χ1v) is 5.79. The molecule has 0 radical (unpaired) electrons. The van der Waals surface area contributed by atoms with Gasteiger partial charge in [-0.15, -0.1) is 0 Å². The van der Waals surface area contributed by atoms with E-state index in [2.05, 4.69) is 0 Å². The third kappa shape index (κ3) is 2.71. The van der Waals surface area contributed by atoms with E-state index < -0.39 is 28.9 Å². The first-order valence-electron chi connectivity index (χ1n) is 5.79. The molecule has 1 fully saturated rings. The van der Waals surface area contributed by atoms with Crippen LogP contribution in [0.2, 0.25) is 0 Å². The number of rotatable bonds is 2. The van der Waals surface area contributed by atoms with E-state index in [0.29, 0.717) is 0 Å². The van der Waals surface area contributed by atoms with Gasteiger partial charge in [0.25, 0.3) is 5.91 Å². The van der Waals surface area contributed by atoms with E-state index in [9.17, 15) is 18.0 Å². The molecule has 1 saturated heterocycles. The molecule has 0 spiro atoms. The summed E-state index contributed by atoms with van der Waals surface area (Å²) in [6.45, 7) is 0.963. The van der Waals surface area contributed by atoms with Crippen LogP contribution in [0.3, 0.4) is 0 Å². The van der Waals surface area contributed by atoms with Crippen LogP contribution in [-0.4, -0.2) is 43.2 Å². The van der Waals surface area contributed by atoms with E-state index in [1.807, 2.05) is 0 Å². The Morgan fingerprint density at radius 2 is 2.11 bits per heavy atom. The zero-order valence-electron chi connectivity index (χ0n) is 10.0. The SMILES string of the molecule is NC[C@@H]1CN(C(=O)c2ccc(F)c(F)c2F)CCO1. The number of hydrogen-bond donors (Lipinski definition) is 1. The zero-order valence-corrected chi connectivity index (χ0v) is 10.0. The normalized spacial score (nSPS) is 19.6. The number of ether oxygens (including phenoxy) is 1. The Morgan fingerprint density at radius 1 is 1.37 bits per heavy atom. The molecule has 2 rings (SSSR count). The Labute approximate surface area is 107 Å². The van der Waals surface area contributed by atoms with E-state index in [1.165, 1.54) is 4.90 Å². The predicted molar refractivity (Wildman–Crippen MR) is 61.0 cm³/mol. The van der Waals surface area contributed by atoms with Crippen molar-refractivity contribution in [2.75, 3.05) is 26.2 Å². The van der Waals surface area contributed by atoms with Gasteiger partial charge >= 0.3 is 0 Å². The van der Waals surface area contributed by atoms with Crippen LogP contribution in [0.4, 0.5) is 13.2 Å². The topological polar surface area (TPSA) is 55.6 Å². The fraction of sp³-hybridized carbons (Fsp3) is 0.417. The number of hydrogen-bond acceptors (Lipinski definition) is 3. The second-order valence-corrected chi connectivity index (χ2v) is 4.20. The Balaban J connectivity index is 2.22. The minimum Gasteiger partial charge on any atom is -0.373 e. The van der Waals surface area contributed by atoms with E-state index in [1.54, 1.807) is 0 Å². The van der Waals surface area contributed by atoms with Crippen molar-refractivity contribution in [1.82, 2.24) is 4.90 Å². The van der Waals surface area contributed by atoms with Gasteiger partial charge in [0.1, 0.15) is 0 Å². The number of morpholine rings is 1. The number of carbonyl (C=O) groups excluding carboxylic acids is 1. The Hall–Kier alpha value is -1.60. The molecule has 1 aliphatic heterocycles. The van der Waals surface area contributed by atoms with Gasteiger partial charge in [0.05, 0.1) is 18.3 Å². The van der Waals surface area contributed by atoms with E-state index in [0.717, 1.165) is 12.1 Å². The maximum absolute atomic E-state index is 13.5. The molecule has 0 unspecified atom stereocenters. The van der Waals surface area contributed by atoms with Gasteiger partial charge < -0.3 is 15.4 Å². The third-order valence-corrected chi connectivity index (χ3v) is 2.95. The van der Waals surface area contributed by atoms with Crippen molar-refractivity contribution in [2.45, 2.75) is 6.10 Å². The summed E-state index contributed by atoms with van der Waals surface area (Å²) in [6.07, 6.45) is -0.328. The van der Waals surface area contributed by atoms with Crippen LogP contribution in [0.1, 0.15) is 10.4 Å². The highest BCUT2D eigenvalue weighted by Gasteiger charge is 2.27. The highest BCUT2D eigenvalue weighted by atomic mass is 19.2. The van der Waals surface area contributed by atoms with Gasteiger partial charge in [0.15, 0.2) is 17.5 Å². The summed E-state index contributed by atoms with van der Waals surface area (Å²) < 4.78 is 44.7. The molecule has 104 valence electrons. The summed E-state index contributed by atoms with van der Waals surface area (Å²) in [5.41, 5.74) is 4.94. The molecule has 1 amide bonds. The zero-order chi connectivity index (χ0) is 14.0. The standard InChI is InChI=1S/C12H13F3N2O2/c13-9-2-1-8(10(14)11(9)15)12(18)17-3-4-19-7(5-16)6-17/h1-2,7H,3-6,16H2/t7-/m1/s1. The predicted octanol–water partition coefficient (Wildman–Crippen LogP) is 0.904. The minimum absolute atomic E-state index is 0.202. The molecule has 1 atom stereocenters. The number of amides is 1. The summed E-state index contributed by atoms with van der Waals surface area (Å²) in [6, 6.07) is 1.66. The lowest BCUT2D eigenvalue weighted by Gasteiger charge is -2.32. The van der Waals surface area contributed by atoms with E-state index >= 15 is 0 Å². The molecular weight excluding hydrogens is 261 g/mol. The third-order valence-electron chi connectivity index (χ3n) is 2.95. The Bertz CT molecular complexity index is 496. The van der Waals surface area contributed by atoms with Gasteiger partial charge in [0, 0.05) is 19.6 Å². The van der Waals surface area contributed by atoms with E-state index in [4.69, 9.17) is 10.5 Å². The monoisotopic (exact) mass is 274 g/mol. The Kier molecular flexibility index (Phi) is 4.06. The van der Waals surface area contributed by atoms with Crippen LogP contribution >= 0.6 is 0 Å². The molecule has 2 N–H and O–H groups in total. The number of carbonyl (C=O) groups is 1. The van der Waals surface area contributed by atoms with Crippen molar-refractivity contribution in [3.05, 3.63) is 35.1 Å². The van der Waals surface area contributed by atoms with Crippen LogP contribution in [0.25, 0.3) is 0 Å². The lowest BCUT2D eigenvalue weighted by molar-refractivity contribution is -0.0169. The molecule has 0 aliphatic carbocycles. The lowest BCUT2D eigenvalue weighted by atomic mass is 10.1. The van der Waals surface area contributed by atoms with Crippen LogP contribution < -0.4 is 5.73 Å². The molecular formula is C12H13F3N2O2. The van der Waals surface area contributed by atoms with E-state index in [-0.39, 0.29) is 32.3 Å². The average molecular weight is 274 g/mol. The van der Waals surface area contributed by atoms with Crippen LogP contribution in [-0.2, 0) is 4.74 Å². The van der Waals surface area contributed by atoms with Crippen LogP contribution in [0, 0.1) is 17.5 Å². The number of nitrogens with zero attached hydrogens (tertiary/aromatic N) is 1. The van der Waals surface area contributed by atoms with Crippen LogP contribution in [0.15, 0.2) is 12.1 Å². The second kappa shape index (κ2) is 5.58. The molecule has 4 nitrogen and oxygen atoms in total. The second-order valence-electron chi connectivity index (χ2n) is 4.20. The molecule has 1 aromatic rings. The molecule has 1 heterocycles. The van der Waals surface area contributed by atoms with Crippen molar-refractivity contribution in [2.24, 2.45) is 5.73 Å². The molecule has 0 bridgehead atoms. The van der Waals surface area contributed by atoms with Gasteiger partial charge in [-0.1, -0.05) is 0 Å². The van der Waals surface area contributed by atoms with Crippen molar-refractivity contribution in [3.8, 4) is 0 Å². The molecule has 0 aromatic heterocycles. The summed E-state index contributed by atoms with van der Waals surface area (Å²) in [5.74, 6) is -5.13. The molecule has 7 heteroatoms. The molecule has 1 aromatic carbocycles. The molecule has 19 heavy (non-hydrogen) atoms. The molecule has 0 saturated carbocycles. The number of benzene rings is 1. The summed E-state index contributed by atoms with van der Waals surface area (Å²) in [7, 11) is 0. The van der Waals surface area contributed by atoms with Gasteiger partial charge in [0.2, 0.25) is 0 Å². The average Bonchev–Trinajstić information content (AvgIpc) is 2.44. The first-order chi connectivity index (χ1) is 9.04. The summed E-state index contributed by atoms with van der Waals surface area (Å²) >= 11 is 0. The van der Waals surface area contributed by atoms with Crippen molar-refractivity contribution in [3.63, 3.8) is 0 Å². The van der Waals surface area contributed by atoms with Crippen LogP contribution in [0.5, 0.6) is 0 Å². The molecule has 1 aliphatic rings. The Morgan fingerprint density at radius 3 is 2.79 bits per heavy atom. The number of halogens is 3.